The summed E-state index contributed by atoms with van der Waals surface area (Å²) in [5.41, 5.74) is 7.68. The predicted molar refractivity (Wildman–Crippen MR) is 70.0 cm³/mol. The number of hydrogen-bond acceptors (Lipinski definition) is 6. The first-order valence-corrected chi connectivity index (χ1v) is 6.16. The molecule has 18 heavy (non-hydrogen) atoms. The molecule has 0 aliphatic heterocycles. The number of anilines is 1. The third-order valence-corrected chi connectivity index (χ3v) is 3.28. The van der Waals surface area contributed by atoms with Crippen molar-refractivity contribution in [1.82, 2.24) is 15.1 Å². The monoisotopic (exact) mass is 258 g/mol. The first-order valence-electron chi connectivity index (χ1n) is 5.35. The van der Waals surface area contributed by atoms with Crippen LogP contribution in [0.15, 0.2) is 35.0 Å². The maximum atomic E-state index is 5.57. The molecule has 0 aliphatic rings. The number of benzene rings is 1. The molecule has 1 aromatic carbocycles. The summed E-state index contributed by atoms with van der Waals surface area (Å²) >= 11 is 1.32. The van der Waals surface area contributed by atoms with Crippen LogP contribution < -0.4 is 5.73 Å². The van der Waals surface area contributed by atoms with E-state index in [4.69, 9.17) is 10.3 Å². The molecular weight excluding hydrogens is 248 g/mol. The quantitative estimate of drug-likeness (QED) is 0.764. The highest BCUT2D eigenvalue weighted by Gasteiger charge is 2.12. The largest absolute Gasteiger partial charge is 0.375 e. The molecule has 0 saturated heterocycles. The lowest BCUT2D eigenvalue weighted by molar-refractivity contribution is 0.433. The fourth-order valence-electron chi connectivity index (χ4n) is 1.53. The SMILES string of the molecule is Cc1ccc(-c2noc(-c3cnc(N)s3)n2)cc1. The first kappa shape index (κ1) is 10.9. The van der Waals surface area contributed by atoms with Crippen LogP contribution in [0.3, 0.4) is 0 Å². The van der Waals surface area contributed by atoms with Crippen molar-refractivity contribution in [3.05, 3.63) is 36.0 Å². The molecule has 0 saturated carbocycles. The zero-order valence-corrected chi connectivity index (χ0v) is 10.4. The average Bonchev–Trinajstić information content (AvgIpc) is 2.98. The van der Waals surface area contributed by atoms with Crippen molar-refractivity contribution in [2.45, 2.75) is 6.92 Å². The van der Waals surface area contributed by atoms with Crippen molar-refractivity contribution < 1.29 is 4.52 Å². The van der Waals surface area contributed by atoms with E-state index in [2.05, 4.69) is 15.1 Å². The summed E-state index contributed by atoms with van der Waals surface area (Å²) < 4.78 is 5.20. The summed E-state index contributed by atoms with van der Waals surface area (Å²) in [5, 5.41) is 4.44. The highest BCUT2D eigenvalue weighted by atomic mass is 32.1. The van der Waals surface area contributed by atoms with E-state index in [9.17, 15) is 0 Å². The number of rotatable bonds is 2. The standard InChI is InChI=1S/C12H10N4OS/c1-7-2-4-8(5-3-7)10-15-11(17-16-10)9-6-14-12(13)18-9/h2-6H,1H3,(H2,13,14). The molecule has 2 N–H and O–H groups in total. The number of nitrogens with zero attached hydrogens (tertiary/aromatic N) is 3. The van der Waals surface area contributed by atoms with E-state index in [0.29, 0.717) is 16.8 Å². The van der Waals surface area contributed by atoms with Gasteiger partial charge in [0.05, 0.1) is 6.20 Å². The van der Waals surface area contributed by atoms with E-state index in [-0.39, 0.29) is 0 Å². The minimum atomic E-state index is 0.444. The van der Waals surface area contributed by atoms with Gasteiger partial charge in [-0.15, -0.1) is 0 Å². The molecule has 0 fully saturated rings. The third-order valence-electron chi connectivity index (χ3n) is 2.47. The van der Waals surface area contributed by atoms with Gasteiger partial charge in [-0.1, -0.05) is 46.3 Å². The second-order valence-electron chi connectivity index (χ2n) is 3.85. The fraction of sp³-hybridized carbons (Fsp3) is 0.0833. The van der Waals surface area contributed by atoms with Crippen molar-refractivity contribution in [1.29, 1.82) is 0 Å². The first-order chi connectivity index (χ1) is 8.72. The second kappa shape index (κ2) is 4.23. The smallest absolute Gasteiger partial charge is 0.270 e. The summed E-state index contributed by atoms with van der Waals surface area (Å²) in [6.07, 6.45) is 1.63. The van der Waals surface area contributed by atoms with Gasteiger partial charge in [0.25, 0.3) is 5.89 Å². The van der Waals surface area contributed by atoms with Gasteiger partial charge in [-0.3, -0.25) is 0 Å². The van der Waals surface area contributed by atoms with Crippen LogP contribution in [0.1, 0.15) is 5.56 Å². The Hall–Kier alpha value is -2.21. The Morgan fingerprint density at radius 2 is 2.00 bits per heavy atom. The molecule has 0 amide bonds. The van der Waals surface area contributed by atoms with Gasteiger partial charge in [0.2, 0.25) is 5.82 Å². The number of nitrogen functional groups attached to an aromatic ring is 1. The summed E-state index contributed by atoms with van der Waals surface area (Å²) in [6, 6.07) is 7.95. The average molecular weight is 258 g/mol. The summed E-state index contributed by atoms with van der Waals surface area (Å²) in [6.45, 7) is 2.03. The molecule has 5 nitrogen and oxygen atoms in total. The summed E-state index contributed by atoms with van der Waals surface area (Å²) in [5.74, 6) is 1.01. The Labute approximate surface area is 107 Å². The third kappa shape index (κ3) is 1.98. The van der Waals surface area contributed by atoms with Crippen molar-refractivity contribution >= 4 is 16.5 Å². The molecule has 0 radical (unpaired) electrons. The van der Waals surface area contributed by atoms with Gasteiger partial charge in [-0.25, -0.2) is 4.98 Å². The van der Waals surface area contributed by atoms with E-state index in [1.807, 2.05) is 31.2 Å². The van der Waals surface area contributed by atoms with Crippen LogP contribution in [0.25, 0.3) is 22.2 Å². The molecule has 0 atom stereocenters. The zero-order chi connectivity index (χ0) is 12.5. The Morgan fingerprint density at radius 1 is 1.22 bits per heavy atom. The molecule has 2 aromatic heterocycles. The topological polar surface area (TPSA) is 77.8 Å². The zero-order valence-electron chi connectivity index (χ0n) is 9.62. The minimum absolute atomic E-state index is 0.444. The molecular formula is C12H10N4OS. The Morgan fingerprint density at radius 3 is 2.67 bits per heavy atom. The minimum Gasteiger partial charge on any atom is -0.375 e. The van der Waals surface area contributed by atoms with Crippen molar-refractivity contribution in [2.75, 3.05) is 5.73 Å². The highest BCUT2D eigenvalue weighted by Crippen LogP contribution is 2.27. The second-order valence-corrected chi connectivity index (χ2v) is 4.91. The van der Waals surface area contributed by atoms with E-state index in [1.54, 1.807) is 6.20 Å². The maximum absolute atomic E-state index is 5.57. The van der Waals surface area contributed by atoms with Crippen LogP contribution in [0.2, 0.25) is 0 Å². The molecule has 0 unspecified atom stereocenters. The van der Waals surface area contributed by atoms with Crippen LogP contribution in [0.5, 0.6) is 0 Å². The number of aromatic nitrogens is 3. The van der Waals surface area contributed by atoms with Gasteiger partial charge in [0.15, 0.2) is 5.13 Å². The fourth-order valence-corrected chi connectivity index (χ4v) is 2.14. The van der Waals surface area contributed by atoms with Crippen LogP contribution in [0.4, 0.5) is 5.13 Å². The summed E-state index contributed by atoms with van der Waals surface area (Å²) in [4.78, 5) is 9.06. The normalized spacial score (nSPS) is 10.7. The number of aryl methyl sites for hydroxylation is 1. The molecule has 0 bridgehead atoms. The molecule has 90 valence electrons. The van der Waals surface area contributed by atoms with Gasteiger partial charge in [-0.2, -0.15) is 4.98 Å². The predicted octanol–water partition coefficient (Wildman–Crippen LogP) is 2.75. The number of nitrogens with two attached hydrogens (primary N) is 1. The van der Waals surface area contributed by atoms with E-state index < -0.39 is 0 Å². The lowest BCUT2D eigenvalue weighted by Gasteiger charge is -1.94. The molecule has 3 rings (SSSR count). The van der Waals surface area contributed by atoms with Crippen molar-refractivity contribution in [3.8, 4) is 22.2 Å². The molecule has 0 spiro atoms. The van der Waals surface area contributed by atoms with E-state index in [1.165, 1.54) is 16.9 Å². The lowest BCUT2D eigenvalue weighted by atomic mass is 10.1. The lowest BCUT2D eigenvalue weighted by Crippen LogP contribution is -1.80. The highest BCUT2D eigenvalue weighted by molar-refractivity contribution is 7.18. The van der Waals surface area contributed by atoms with Crippen molar-refractivity contribution in [3.63, 3.8) is 0 Å². The van der Waals surface area contributed by atoms with E-state index >= 15 is 0 Å². The van der Waals surface area contributed by atoms with Crippen molar-refractivity contribution in [2.24, 2.45) is 0 Å². The van der Waals surface area contributed by atoms with E-state index in [0.717, 1.165) is 10.4 Å². The van der Waals surface area contributed by atoms with Gasteiger partial charge in [0, 0.05) is 5.56 Å². The van der Waals surface area contributed by atoms with Gasteiger partial charge in [0.1, 0.15) is 4.88 Å². The summed E-state index contributed by atoms with van der Waals surface area (Å²) in [7, 11) is 0. The Bertz CT molecular complexity index is 671. The molecule has 2 heterocycles. The maximum Gasteiger partial charge on any atom is 0.270 e. The van der Waals surface area contributed by atoms with Crippen LogP contribution in [0, 0.1) is 6.92 Å². The molecule has 6 heteroatoms. The van der Waals surface area contributed by atoms with Gasteiger partial charge < -0.3 is 10.3 Å². The molecule has 3 aromatic rings. The van der Waals surface area contributed by atoms with Crippen LogP contribution >= 0.6 is 11.3 Å². The van der Waals surface area contributed by atoms with Crippen LogP contribution in [-0.2, 0) is 0 Å². The Kier molecular flexibility index (Phi) is 2.56. The molecule has 0 aliphatic carbocycles. The Balaban J connectivity index is 1.96. The van der Waals surface area contributed by atoms with Gasteiger partial charge in [-0.05, 0) is 6.92 Å². The van der Waals surface area contributed by atoms with Gasteiger partial charge >= 0.3 is 0 Å². The number of thiazole rings is 1. The number of hydrogen-bond donors (Lipinski definition) is 1. The van der Waals surface area contributed by atoms with Crippen LogP contribution in [-0.4, -0.2) is 15.1 Å².